The van der Waals surface area contributed by atoms with E-state index < -0.39 is 10.0 Å². The third-order valence-electron chi connectivity index (χ3n) is 3.00. The SMILES string of the molecule is C=CCOc1ccc(/C=N/NS(=O)(=O)c2ccc(OC)cc2)cc1. The van der Waals surface area contributed by atoms with Gasteiger partial charge in [0.15, 0.2) is 0 Å². The van der Waals surface area contributed by atoms with E-state index in [-0.39, 0.29) is 4.90 Å². The van der Waals surface area contributed by atoms with E-state index in [9.17, 15) is 8.42 Å². The van der Waals surface area contributed by atoms with Crippen molar-refractivity contribution in [2.75, 3.05) is 13.7 Å². The van der Waals surface area contributed by atoms with Crippen molar-refractivity contribution in [3.8, 4) is 11.5 Å². The van der Waals surface area contributed by atoms with Crippen molar-refractivity contribution in [2.45, 2.75) is 4.90 Å². The molecule has 7 heteroatoms. The minimum absolute atomic E-state index is 0.105. The van der Waals surface area contributed by atoms with Gasteiger partial charge in [0.2, 0.25) is 0 Å². The highest BCUT2D eigenvalue weighted by Gasteiger charge is 2.12. The Hall–Kier alpha value is -2.80. The Morgan fingerprint density at radius 3 is 2.29 bits per heavy atom. The zero-order chi connectivity index (χ0) is 17.4. The molecule has 0 radical (unpaired) electrons. The predicted molar refractivity (Wildman–Crippen MR) is 93.0 cm³/mol. The van der Waals surface area contributed by atoms with Crippen LogP contribution >= 0.6 is 0 Å². The molecule has 0 bridgehead atoms. The number of ether oxygens (including phenoxy) is 2. The van der Waals surface area contributed by atoms with Crippen molar-refractivity contribution in [1.29, 1.82) is 0 Å². The molecule has 0 aliphatic heterocycles. The maximum atomic E-state index is 12.1. The second kappa shape index (κ2) is 8.16. The summed E-state index contributed by atoms with van der Waals surface area (Å²) in [6.07, 6.45) is 3.07. The minimum atomic E-state index is -3.71. The Bertz CT molecular complexity index is 797. The maximum absolute atomic E-state index is 12.1. The number of nitrogens with zero attached hydrogens (tertiary/aromatic N) is 1. The smallest absolute Gasteiger partial charge is 0.276 e. The van der Waals surface area contributed by atoms with E-state index in [1.165, 1.54) is 25.5 Å². The molecule has 2 rings (SSSR count). The predicted octanol–water partition coefficient (Wildman–Crippen LogP) is 2.57. The van der Waals surface area contributed by atoms with Gasteiger partial charge in [-0.05, 0) is 54.1 Å². The van der Waals surface area contributed by atoms with Gasteiger partial charge in [-0.3, -0.25) is 0 Å². The van der Waals surface area contributed by atoms with E-state index in [0.717, 1.165) is 5.56 Å². The summed E-state index contributed by atoms with van der Waals surface area (Å²) in [6.45, 7) is 4.00. The normalized spacial score (nSPS) is 11.2. The van der Waals surface area contributed by atoms with E-state index in [2.05, 4.69) is 16.5 Å². The van der Waals surface area contributed by atoms with E-state index in [1.807, 2.05) is 0 Å². The van der Waals surface area contributed by atoms with Crippen LogP contribution in [0.25, 0.3) is 0 Å². The van der Waals surface area contributed by atoms with Gasteiger partial charge in [-0.25, -0.2) is 4.83 Å². The Balaban J connectivity index is 2.00. The van der Waals surface area contributed by atoms with Crippen LogP contribution in [0.15, 0.2) is 71.2 Å². The van der Waals surface area contributed by atoms with Gasteiger partial charge in [0.05, 0.1) is 18.2 Å². The highest BCUT2D eigenvalue weighted by molar-refractivity contribution is 7.89. The molecule has 24 heavy (non-hydrogen) atoms. The van der Waals surface area contributed by atoms with E-state index in [1.54, 1.807) is 42.5 Å². The molecule has 0 saturated heterocycles. The average molecular weight is 346 g/mol. The van der Waals surface area contributed by atoms with Gasteiger partial charge in [-0.15, -0.1) is 0 Å². The Morgan fingerprint density at radius 2 is 1.71 bits per heavy atom. The highest BCUT2D eigenvalue weighted by Crippen LogP contribution is 2.15. The largest absolute Gasteiger partial charge is 0.497 e. The van der Waals surface area contributed by atoms with Crippen LogP contribution in [0.3, 0.4) is 0 Å². The lowest BCUT2D eigenvalue weighted by atomic mass is 10.2. The van der Waals surface area contributed by atoms with Gasteiger partial charge in [0.1, 0.15) is 18.1 Å². The first-order chi connectivity index (χ1) is 11.5. The average Bonchev–Trinajstić information content (AvgIpc) is 2.61. The summed E-state index contributed by atoms with van der Waals surface area (Å²) >= 11 is 0. The van der Waals surface area contributed by atoms with E-state index in [4.69, 9.17) is 9.47 Å². The molecule has 0 fully saturated rings. The molecule has 2 aromatic carbocycles. The van der Waals surface area contributed by atoms with Gasteiger partial charge in [0, 0.05) is 0 Å². The summed E-state index contributed by atoms with van der Waals surface area (Å²) in [4.78, 5) is 2.27. The lowest BCUT2D eigenvalue weighted by Gasteiger charge is -2.05. The van der Waals surface area contributed by atoms with Crippen molar-refractivity contribution in [3.63, 3.8) is 0 Å². The van der Waals surface area contributed by atoms with Crippen LogP contribution in [0.1, 0.15) is 5.56 Å². The van der Waals surface area contributed by atoms with E-state index >= 15 is 0 Å². The van der Waals surface area contributed by atoms with Crippen LogP contribution in [-0.4, -0.2) is 28.3 Å². The lowest BCUT2D eigenvalue weighted by molar-refractivity contribution is 0.363. The molecular weight excluding hydrogens is 328 g/mol. The molecule has 0 unspecified atom stereocenters. The second-order valence-corrected chi connectivity index (χ2v) is 6.36. The number of nitrogens with one attached hydrogen (secondary N) is 1. The van der Waals surface area contributed by atoms with Crippen LogP contribution in [0, 0.1) is 0 Å². The fourth-order valence-electron chi connectivity index (χ4n) is 1.78. The van der Waals surface area contributed by atoms with Gasteiger partial charge < -0.3 is 9.47 Å². The molecule has 0 amide bonds. The van der Waals surface area contributed by atoms with Gasteiger partial charge in [0.25, 0.3) is 10.0 Å². The zero-order valence-corrected chi connectivity index (χ0v) is 14.0. The maximum Gasteiger partial charge on any atom is 0.276 e. The van der Waals surface area contributed by atoms with Crippen molar-refractivity contribution < 1.29 is 17.9 Å². The lowest BCUT2D eigenvalue weighted by Crippen LogP contribution is -2.18. The monoisotopic (exact) mass is 346 g/mol. The fourth-order valence-corrected chi connectivity index (χ4v) is 2.57. The number of hydrogen-bond donors (Lipinski definition) is 1. The van der Waals surface area contributed by atoms with Crippen LogP contribution in [0.4, 0.5) is 0 Å². The third-order valence-corrected chi connectivity index (χ3v) is 4.24. The molecule has 0 aliphatic carbocycles. The molecule has 0 atom stereocenters. The summed E-state index contributed by atoms with van der Waals surface area (Å²) < 4.78 is 34.6. The highest BCUT2D eigenvalue weighted by atomic mass is 32.2. The molecule has 2 aromatic rings. The number of rotatable bonds is 8. The van der Waals surface area contributed by atoms with Crippen LogP contribution in [0.5, 0.6) is 11.5 Å². The Morgan fingerprint density at radius 1 is 1.08 bits per heavy atom. The van der Waals surface area contributed by atoms with E-state index in [0.29, 0.717) is 18.1 Å². The summed E-state index contributed by atoms with van der Waals surface area (Å²) in [7, 11) is -2.20. The first-order valence-corrected chi connectivity index (χ1v) is 8.56. The van der Waals surface area contributed by atoms with Gasteiger partial charge in [-0.2, -0.15) is 13.5 Å². The summed E-state index contributed by atoms with van der Waals surface area (Å²) in [5, 5.41) is 3.77. The number of hydrogen-bond acceptors (Lipinski definition) is 5. The molecule has 0 spiro atoms. The Kier molecular flexibility index (Phi) is 5.97. The van der Waals surface area contributed by atoms with Crippen LogP contribution in [-0.2, 0) is 10.0 Å². The first kappa shape index (κ1) is 17.6. The van der Waals surface area contributed by atoms with Crippen molar-refractivity contribution in [2.24, 2.45) is 5.10 Å². The van der Waals surface area contributed by atoms with Crippen molar-refractivity contribution in [1.82, 2.24) is 4.83 Å². The third kappa shape index (κ3) is 4.85. The standard InChI is InChI=1S/C17H18N2O4S/c1-3-12-23-16-6-4-14(5-7-16)13-18-19-24(20,21)17-10-8-15(22-2)9-11-17/h3-11,13,19H,1,12H2,2H3/b18-13+. The minimum Gasteiger partial charge on any atom is -0.497 e. The molecule has 0 aliphatic rings. The number of methoxy groups -OCH3 is 1. The molecule has 126 valence electrons. The first-order valence-electron chi connectivity index (χ1n) is 7.08. The molecular formula is C17H18N2O4S. The van der Waals surface area contributed by atoms with Crippen molar-refractivity contribution >= 4 is 16.2 Å². The Labute approximate surface area is 141 Å². The fraction of sp³-hybridized carbons (Fsp3) is 0.118. The second-order valence-electron chi connectivity index (χ2n) is 4.70. The van der Waals surface area contributed by atoms with Crippen molar-refractivity contribution in [3.05, 3.63) is 66.7 Å². The summed E-state index contributed by atoms with van der Waals surface area (Å²) in [5.41, 5.74) is 0.735. The van der Waals surface area contributed by atoms with Crippen LogP contribution < -0.4 is 14.3 Å². The molecule has 0 aromatic heterocycles. The molecule has 6 nitrogen and oxygen atoms in total. The number of hydrazone groups is 1. The quantitative estimate of drug-likeness (QED) is 0.453. The van der Waals surface area contributed by atoms with Gasteiger partial charge in [-0.1, -0.05) is 12.7 Å². The van der Waals surface area contributed by atoms with Crippen LogP contribution in [0.2, 0.25) is 0 Å². The number of benzene rings is 2. The van der Waals surface area contributed by atoms with Gasteiger partial charge >= 0.3 is 0 Å². The molecule has 0 saturated carbocycles. The summed E-state index contributed by atoms with van der Waals surface area (Å²) in [6, 6.07) is 13.1. The number of sulfonamides is 1. The topological polar surface area (TPSA) is 77.0 Å². The molecule has 1 N–H and O–H groups in total. The zero-order valence-electron chi connectivity index (χ0n) is 13.2. The summed E-state index contributed by atoms with van der Waals surface area (Å²) in [5.74, 6) is 1.28. The molecule has 0 heterocycles.